The van der Waals surface area contributed by atoms with E-state index in [1.54, 1.807) is 0 Å². The maximum atomic E-state index is 13.1. The molecule has 0 aromatic carbocycles. The Hall–Kier alpha value is -1.42. The van der Waals surface area contributed by atoms with Gasteiger partial charge in [-0.2, -0.15) is 8.42 Å². The highest BCUT2D eigenvalue weighted by Crippen LogP contribution is 2.26. The minimum Gasteiger partial charge on any atom is -0.394 e. The number of amides is 1. The Kier molecular flexibility index (Phi) is 50.6. The van der Waals surface area contributed by atoms with E-state index in [0.717, 1.165) is 57.8 Å². The smallest absolute Gasteiger partial charge is 0.394 e. The van der Waals surface area contributed by atoms with Crippen molar-refractivity contribution < 1.29 is 51.8 Å². The van der Waals surface area contributed by atoms with Crippen LogP contribution in [0.4, 0.5) is 0 Å². The van der Waals surface area contributed by atoms with Crippen LogP contribution < -0.4 is 5.32 Å². The van der Waals surface area contributed by atoms with Crippen molar-refractivity contribution in [2.24, 2.45) is 0 Å². The molecule has 1 heterocycles. The second-order valence-electron chi connectivity index (χ2n) is 22.7. The third-order valence-corrected chi connectivity index (χ3v) is 16.0. The SMILES string of the molecule is CCCCCCCCCCCCCCC/C=C\C/C=C\CCCCCCCCCCCCCCCCCCCC(=O)NC(COC1OC(CO)C(O)C(OS(=O)(=O)O)C1O)C(O)CCCCCCCCCCCCCC. The fourth-order valence-corrected chi connectivity index (χ4v) is 11.1. The standard InChI is InChI=1S/C63H121NO11S/c1-3-5-7-9-11-13-15-17-18-19-20-21-22-23-24-25-26-27-28-29-30-31-32-33-34-35-36-37-38-39-40-41-43-45-47-49-51-53-59(67)64-56(57(66)52-50-48-46-44-42-16-14-12-10-8-6-4-2)55-73-63-61(69)62(75-76(70,71)72)60(68)58(54-65)74-63/h24-25,27-28,56-58,60-63,65-66,68-69H,3-23,26,29-55H2,1-2H3,(H,64,67)(H,70,71,72)/b25-24-,28-27-. The van der Waals surface area contributed by atoms with Gasteiger partial charge in [-0.05, 0) is 44.9 Å². The van der Waals surface area contributed by atoms with Crippen molar-refractivity contribution in [3.8, 4) is 0 Å². The monoisotopic (exact) mass is 1100 g/mol. The second-order valence-corrected chi connectivity index (χ2v) is 23.8. The molecule has 0 radical (unpaired) electrons. The van der Waals surface area contributed by atoms with E-state index in [1.807, 2.05) is 0 Å². The molecule has 0 spiro atoms. The van der Waals surface area contributed by atoms with E-state index in [9.17, 15) is 38.2 Å². The van der Waals surface area contributed by atoms with Gasteiger partial charge in [0.05, 0.1) is 25.4 Å². The molecule has 0 aromatic heterocycles. The molecular weight excluding hydrogens is 979 g/mol. The quantitative estimate of drug-likeness (QED) is 0.0193. The van der Waals surface area contributed by atoms with Crippen molar-refractivity contribution in [3.63, 3.8) is 0 Å². The van der Waals surface area contributed by atoms with E-state index >= 15 is 0 Å². The number of unbranched alkanes of at least 4 members (excludes halogenated alkanes) is 41. The summed E-state index contributed by atoms with van der Waals surface area (Å²) in [5, 5.41) is 45.1. The predicted molar refractivity (Wildman–Crippen MR) is 315 cm³/mol. The lowest BCUT2D eigenvalue weighted by Gasteiger charge is -2.41. The number of allylic oxidation sites excluding steroid dienone is 4. The molecule has 1 saturated heterocycles. The van der Waals surface area contributed by atoms with E-state index in [0.29, 0.717) is 12.8 Å². The first kappa shape index (κ1) is 72.6. The molecular formula is C63H121NO11S. The number of carbonyl (C=O) groups excluding carboxylic acids is 1. The zero-order valence-corrected chi connectivity index (χ0v) is 49.9. The van der Waals surface area contributed by atoms with Gasteiger partial charge >= 0.3 is 10.4 Å². The van der Waals surface area contributed by atoms with E-state index in [2.05, 4.69) is 47.7 Å². The zero-order chi connectivity index (χ0) is 55.4. The van der Waals surface area contributed by atoms with Gasteiger partial charge in [0.25, 0.3) is 0 Å². The normalized spacial score (nSPS) is 19.1. The number of hydrogen-bond acceptors (Lipinski definition) is 10. The van der Waals surface area contributed by atoms with Crippen LogP contribution in [0.5, 0.6) is 0 Å². The van der Waals surface area contributed by atoms with E-state index in [4.69, 9.17) is 9.47 Å². The Morgan fingerprint density at radius 3 is 1.25 bits per heavy atom. The Morgan fingerprint density at radius 2 is 0.882 bits per heavy atom. The van der Waals surface area contributed by atoms with Gasteiger partial charge in [0.15, 0.2) is 6.29 Å². The van der Waals surface area contributed by atoms with Gasteiger partial charge in [0, 0.05) is 6.42 Å². The van der Waals surface area contributed by atoms with Crippen molar-refractivity contribution >= 4 is 16.3 Å². The second kappa shape index (κ2) is 52.9. The van der Waals surface area contributed by atoms with Gasteiger partial charge in [0.2, 0.25) is 5.91 Å². The average Bonchev–Trinajstić information content (AvgIpc) is 3.40. The molecule has 76 heavy (non-hydrogen) atoms. The molecule has 1 aliphatic rings. The lowest BCUT2D eigenvalue weighted by Crippen LogP contribution is -2.61. The lowest BCUT2D eigenvalue weighted by molar-refractivity contribution is -0.298. The van der Waals surface area contributed by atoms with Crippen LogP contribution in [0.15, 0.2) is 24.3 Å². The predicted octanol–water partition coefficient (Wildman–Crippen LogP) is 16.0. The van der Waals surface area contributed by atoms with E-state index < -0.39 is 59.9 Å². The van der Waals surface area contributed by atoms with Gasteiger partial charge in [-0.15, -0.1) is 0 Å². The summed E-state index contributed by atoms with van der Waals surface area (Å²) in [6.45, 7) is 3.48. The van der Waals surface area contributed by atoms with Gasteiger partial charge in [0.1, 0.15) is 24.4 Å². The van der Waals surface area contributed by atoms with Crippen molar-refractivity contribution in [2.75, 3.05) is 13.2 Å². The minimum absolute atomic E-state index is 0.226. The van der Waals surface area contributed by atoms with E-state index in [-0.39, 0.29) is 12.5 Å². The Bertz CT molecular complexity index is 1430. The van der Waals surface area contributed by atoms with Crippen LogP contribution in [0, 0.1) is 0 Å². The number of aliphatic hydroxyl groups excluding tert-OH is 4. The summed E-state index contributed by atoms with van der Waals surface area (Å²) in [5.74, 6) is -0.226. The molecule has 1 fully saturated rings. The zero-order valence-electron chi connectivity index (χ0n) is 49.1. The summed E-state index contributed by atoms with van der Waals surface area (Å²) >= 11 is 0. The number of rotatable bonds is 57. The van der Waals surface area contributed by atoms with Gasteiger partial charge in [-0.25, -0.2) is 4.18 Å². The van der Waals surface area contributed by atoms with Crippen molar-refractivity contribution in [2.45, 2.75) is 358 Å². The molecule has 12 nitrogen and oxygen atoms in total. The molecule has 13 heteroatoms. The van der Waals surface area contributed by atoms with Crippen molar-refractivity contribution in [1.82, 2.24) is 5.32 Å². The average molecular weight is 1100 g/mol. The third kappa shape index (κ3) is 44.3. The fraction of sp³-hybridized carbons (Fsp3) is 0.921. The summed E-state index contributed by atoms with van der Waals surface area (Å²) in [6, 6.07) is -0.856. The molecule has 1 rings (SSSR count). The molecule has 0 saturated carbocycles. The van der Waals surface area contributed by atoms with Gasteiger partial charge in [-0.3, -0.25) is 9.35 Å². The summed E-state index contributed by atoms with van der Waals surface area (Å²) in [5.41, 5.74) is 0. The maximum Gasteiger partial charge on any atom is 0.397 e. The lowest BCUT2D eigenvalue weighted by atomic mass is 9.99. The molecule has 7 atom stereocenters. The molecule has 6 N–H and O–H groups in total. The number of carbonyl (C=O) groups is 1. The number of nitrogens with one attached hydrogen (secondary N) is 1. The van der Waals surface area contributed by atoms with Crippen LogP contribution in [0.3, 0.4) is 0 Å². The van der Waals surface area contributed by atoms with E-state index in [1.165, 1.54) is 231 Å². The minimum atomic E-state index is -5.08. The van der Waals surface area contributed by atoms with Crippen LogP contribution in [-0.4, -0.2) is 95.4 Å². The van der Waals surface area contributed by atoms with Crippen LogP contribution in [0.25, 0.3) is 0 Å². The fourth-order valence-electron chi connectivity index (χ4n) is 10.6. The molecule has 1 aliphatic heterocycles. The van der Waals surface area contributed by atoms with Crippen molar-refractivity contribution in [1.29, 1.82) is 0 Å². The Labute approximate surface area is 467 Å². The van der Waals surface area contributed by atoms with Gasteiger partial charge in [-0.1, -0.05) is 289 Å². The number of ether oxygens (including phenoxy) is 2. The first-order valence-corrected chi connectivity index (χ1v) is 33.6. The largest absolute Gasteiger partial charge is 0.397 e. The molecule has 0 aliphatic carbocycles. The van der Waals surface area contributed by atoms with Crippen LogP contribution in [-0.2, 0) is 28.9 Å². The summed E-state index contributed by atoms with van der Waals surface area (Å²) in [6.07, 6.45) is 58.0. The summed E-state index contributed by atoms with van der Waals surface area (Å²) in [7, 11) is -5.08. The molecule has 1 amide bonds. The molecule has 0 bridgehead atoms. The van der Waals surface area contributed by atoms with Crippen LogP contribution >= 0.6 is 0 Å². The first-order chi connectivity index (χ1) is 37.0. The van der Waals surface area contributed by atoms with Gasteiger partial charge < -0.3 is 35.2 Å². The highest BCUT2D eigenvalue weighted by molar-refractivity contribution is 7.80. The summed E-state index contributed by atoms with van der Waals surface area (Å²) < 4.78 is 47.9. The topological polar surface area (TPSA) is 192 Å². The summed E-state index contributed by atoms with van der Waals surface area (Å²) in [4.78, 5) is 13.1. The maximum absolute atomic E-state index is 13.1. The Morgan fingerprint density at radius 1 is 0.526 bits per heavy atom. The first-order valence-electron chi connectivity index (χ1n) is 32.2. The van der Waals surface area contributed by atoms with Crippen LogP contribution in [0.2, 0.25) is 0 Å². The third-order valence-electron chi connectivity index (χ3n) is 15.5. The van der Waals surface area contributed by atoms with Crippen LogP contribution in [0.1, 0.15) is 316 Å². The highest BCUT2D eigenvalue weighted by atomic mass is 32.3. The molecule has 0 aromatic rings. The Balaban J connectivity index is 2.14. The van der Waals surface area contributed by atoms with Crippen molar-refractivity contribution in [3.05, 3.63) is 24.3 Å². The molecule has 450 valence electrons. The molecule has 7 unspecified atom stereocenters. The number of hydrogen-bond donors (Lipinski definition) is 6. The highest BCUT2D eigenvalue weighted by Gasteiger charge is 2.48. The number of aliphatic hydroxyl groups is 4.